The zero-order chi connectivity index (χ0) is 26.6. The minimum Gasteiger partial charge on any atom is -0.350 e. The van der Waals surface area contributed by atoms with E-state index in [1.807, 2.05) is 13.8 Å². The van der Waals surface area contributed by atoms with Crippen molar-refractivity contribution in [2.24, 2.45) is 11.8 Å². The Morgan fingerprint density at radius 1 is 0.971 bits per heavy atom. The molecule has 1 aromatic carbocycles. The maximum Gasteiger partial charge on any atom is 0.416 e. The molecule has 2 aromatic rings. The number of aromatic nitrogens is 1. The second-order valence-corrected chi connectivity index (χ2v) is 9.67. The van der Waals surface area contributed by atoms with Gasteiger partial charge >= 0.3 is 18.4 Å². The summed E-state index contributed by atoms with van der Waals surface area (Å²) in [5.74, 6) is -0.220. The first-order chi connectivity index (χ1) is 16.1. The van der Waals surface area contributed by atoms with Crippen LogP contribution in [0.2, 0.25) is 0 Å². The zero-order valence-corrected chi connectivity index (χ0v) is 20.3. The molecule has 35 heavy (non-hydrogen) atoms. The van der Waals surface area contributed by atoms with Crippen molar-refractivity contribution in [2.45, 2.75) is 46.6 Å². The quantitative estimate of drug-likeness (QED) is 0.401. The van der Waals surface area contributed by atoms with Crippen molar-refractivity contribution in [2.75, 3.05) is 18.4 Å². The van der Waals surface area contributed by atoms with Crippen LogP contribution in [0.1, 0.15) is 54.3 Å². The van der Waals surface area contributed by atoms with E-state index in [0.717, 1.165) is 11.3 Å². The predicted molar refractivity (Wildman–Crippen MR) is 120 cm³/mol. The number of halogens is 6. The summed E-state index contributed by atoms with van der Waals surface area (Å²) in [6.07, 6.45) is -10.1. The molecular formula is C22H26F6N4O2S. The molecule has 0 fully saturated rings. The number of amides is 3. The number of nitrogens with zero attached hydrogens (tertiary/aromatic N) is 2. The van der Waals surface area contributed by atoms with Gasteiger partial charge in [0.05, 0.1) is 17.7 Å². The van der Waals surface area contributed by atoms with Crippen LogP contribution in [0.25, 0.3) is 0 Å². The van der Waals surface area contributed by atoms with E-state index in [9.17, 15) is 35.9 Å². The number of urea groups is 1. The highest BCUT2D eigenvalue weighted by Crippen LogP contribution is 2.37. The highest BCUT2D eigenvalue weighted by molar-refractivity contribution is 7.09. The molecule has 2 rings (SSSR count). The van der Waals surface area contributed by atoms with Crippen molar-refractivity contribution in [1.82, 2.24) is 15.2 Å². The summed E-state index contributed by atoms with van der Waals surface area (Å²) in [6.45, 7) is 7.94. The summed E-state index contributed by atoms with van der Waals surface area (Å²) in [7, 11) is 0. The first kappa shape index (κ1) is 28.4. The number of hydrogen-bond donors (Lipinski definition) is 2. The molecule has 0 unspecified atom stereocenters. The number of carbonyl (C=O) groups is 2. The molecule has 13 heteroatoms. The first-order valence-electron chi connectivity index (χ1n) is 10.6. The summed E-state index contributed by atoms with van der Waals surface area (Å²) in [5.41, 5.74) is -3.55. The number of alkyl halides is 6. The Labute approximate surface area is 202 Å². The van der Waals surface area contributed by atoms with E-state index >= 15 is 0 Å². The summed E-state index contributed by atoms with van der Waals surface area (Å²) in [6, 6.07) is -0.0157. The van der Waals surface area contributed by atoms with Crippen LogP contribution in [0.15, 0.2) is 23.6 Å². The van der Waals surface area contributed by atoms with Crippen molar-refractivity contribution in [3.8, 4) is 0 Å². The lowest BCUT2D eigenvalue weighted by Crippen LogP contribution is -2.37. The smallest absolute Gasteiger partial charge is 0.350 e. The fourth-order valence-electron chi connectivity index (χ4n) is 2.93. The number of nitrogens with one attached hydrogen (secondary N) is 2. The van der Waals surface area contributed by atoms with Gasteiger partial charge in [0.15, 0.2) is 0 Å². The van der Waals surface area contributed by atoms with Gasteiger partial charge < -0.3 is 15.5 Å². The third-order valence-corrected chi connectivity index (χ3v) is 5.33. The summed E-state index contributed by atoms with van der Waals surface area (Å²) >= 11 is 1.11. The van der Waals surface area contributed by atoms with Crippen LogP contribution in [0.5, 0.6) is 0 Å². The lowest BCUT2D eigenvalue weighted by atomic mass is 10.1. The second-order valence-electron chi connectivity index (χ2n) is 8.73. The zero-order valence-electron chi connectivity index (χ0n) is 19.5. The van der Waals surface area contributed by atoms with Crippen LogP contribution in [-0.4, -0.2) is 34.9 Å². The Bertz CT molecular complexity index is 1000. The van der Waals surface area contributed by atoms with Crippen LogP contribution < -0.4 is 10.6 Å². The lowest BCUT2D eigenvalue weighted by Gasteiger charge is -2.24. The van der Waals surface area contributed by atoms with Crippen molar-refractivity contribution >= 4 is 29.0 Å². The Morgan fingerprint density at radius 2 is 1.54 bits per heavy atom. The monoisotopic (exact) mass is 524 g/mol. The number of thiazole rings is 1. The van der Waals surface area contributed by atoms with Gasteiger partial charge in [-0.1, -0.05) is 27.7 Å². The molecule has 0 spiro atoms. The number of rotatable bonds is 8. The van der Waals surface area contributed by atoms with Gasteiger partial charge in [-0.3, -0.25) is 4.79 Å². The van der Waals surface area contributed by atoms with Gasteiger partial charge in [0.2, 0.25) is 0 Å². The largest absolute Gasteiger partial charge is 0.416 e. The molecule has 0 aliphatic carbocycles. The molecule has 0 atom stereocenters. The number of carbonyl (C=O) groups excluding carboxylic acids is 2. The van der Waals surface area contributed by atoms with Gasteiger partial charge in [0.25, 0.3) is 5.91 Å². The van der Waals surface area contributed by atoms with Crippen molar-refractivity contribution in [3.63, 3.8) is 0 Å². The van der Waals surface area contributed by atoms with E-state index < -0.39 is 35.2 Å². The van der Waals surface area contributed by atoms with Gasteiger partial charge in [-0.2, -0.15) is 26.3 Å². The predicted octanol–water partition coefficient (Wildman–Crippen LogP) is 6.26. The van der Waals surface area contributed by atoms with Crippen LogP contribution in [0.3, 0.4) is 0 Å². The van der Waals surface area contributed by atoms with E-state index in [2.05, 4.69) is 15.6 Å². The fourth-order valence-corrected chi connectivity index (χ4v) is 3.72. The summed E-state index contributed by atoms with van der Waals surface area (Å²) in [4.78, 5) is 30.4. The van der Waals surface area contributed by atoms with E-state index in [1.54, 1.807) is 13.8 Å². The SMILES string of the molecule is CC(C)CNC(=O)c1csc(CN(CC(C)C)C(=O)Nc2cc(C(F)(F)F)cc(C(F)(F)F)c2)n1. The molecule has 0 saturated carbocycles. The number of anilines is 1. The Morgan fingerprint density at radius 3 is 2.03 bits per heavy atom. The fraction of sp³-hybridized carbons (Fsp3) is 0.500. The van der Waals surface area contributed by atoms with Crippen LogP contribution >= 0.6 is 11.3 Å². The van der Waals surface area contributed by atoms with Gasteiger partial charge in [-0.15, -0.1) is 11.3 Å². The Hall–Kier alpha value is -2.83. The molecule has 1 aromatic heterocycles. The molecule has 0 radical (unpaired) electrons. The highest BCUT2D eigenvalue weighted by Gasteiger charge is 2.37. The molecule has 0 saturated heterocycles. The molecule has 0 aliphatic heterocycles. The molecular weight excluding hydrogens is 498 g/mol. The molecule has 0 bridgehead atoms. The normalized spacial score (nSPS) is 12.2. The minimum atomic E-state index is -5.04. The molecule has 194 valence electrons. The van der Waals surface area contributed by atoms with Crippen LogP contribution in [0, 0.1) is 11.8 Å². The molecule has 1 heterocycles. The van der Waals surface area contributed by atoms with Crippen LogP contribution in [-0.2, 0) is 18.9 Å². The van der Waals surface area contributed by atoms with Gasteiger partial charge in [0, 0.05) is 24.2 Å². The maximum absolute atomic E-state index is 13.1. The second kappa shape index (κ2) is 11.3. The standard InChI is InChI=1S/C22H26F6N4O2S/c1-12(2)8-29-19(33)17-11-35-18(31-17)10-32(9-13(3)4)20(34)30-16-6-14(21(23,24)25)5-15(7-16)22(26,27)28/h5-7,11-13H,8-10H2,1-4H3,(H,29,33)(H,30,34). The van der Waals surface area contributed by atoms with Crippen molar-refractivity contribution < 1.29 is 35.9 Å². The Balaban J connectivity index is 2.25. The van der Waals surface area contributed by atoms with Gasteiger partial charge in [-0.25, -0.2) is 9.78 Å². The molecule has 0 aliphatic rings. The average molecular weight is 525 g/mol. The van der Waals surface area contributed by atoms with Gasteiger partial charge in [0.1, 0.15) is 10.7 Å². The lowest BCUT2D eigenvalue weighted by molar-refractivity contribution is -0.143. The van der Waals surface area contributed by atoms with E-state index in [1.165, 1.54) is 10.3 Å². The summed E-state index contributed by atoms with van der Waals surface area (Å²) in [5, 5.41) is 6.75. The minimum absolute atomic E-state index is 0.0109. The Kier molecular flexibility index (Phi) is 9.15. The van der Waals surface area contributed by atoms with E-state index in [0.29, 0.717) is 23.7 Å². The first-order valence-corrected chi connectivity index (χ1v) is 11.5. The average Bonchev–Trinajstić information content (AvgIpc) is 3.18. The maximum atomic E-state index is 13.1. The number of hydrogen-bond acceptors (Lipinski definition) is 4. The van der Waals surface area contributed by atoms with E-state index in [-0.39, 0.29) is 42.6 Å². The molecule has 2 N–H and O–H groups in total. The molecule has 6 nitrogen and oxygen atoms in total. The van der Waals surface area contributed by atoms with Gasteiger partial charge in [-0.05, 0) is 30.0 Å². The number of benzene rings is 1. The molecule has 3 amide bonds. The van der Waals surface area contributed by atoms with E-state index in [4.69, 9.17) is 0 Å². The summed E-state index contributed by atoms with van der Waals surface area (Å²) < 4.78 is 78.8. The third kappa shape index (κ3) is 8.71. The highest BCUT2D eigenvalue weighted by atomic mass is 32.1. The third-order valence-electron chi connectivity index (χ3n) is 4.49. The topological polar surface area (TPSA) is 74.3 Å². The van der Waals surface area contributed by atoms with Crippen molar-refractivity contribution in [1.29, 1.82) is 0 Å². The van der Waals surface area contributed by atoms with Crippen molar-refractivity contribution in [3.05, 3.63) is 45.4 Å². The van der Waals surface area contributed by atoms with Crippen LogP contribution in [0.4, 0.5) is 36.8 Å².